The predicted octanol–water partition coefficient (Wildman–Crippen LogP) is 6.78. The van der Waals surface area contributed by atoms with Crippen molar-refractivity contribution in [2.75, 3.05) is 0 Å². The average molecular weight is 331 g/mol. The molecule has 110 valence electrons. The molecule has 5 aromatic rings. The van der Waals surface area contributed by atoms with Crippen LogP contribution in [0.3, 0.4) is 0 Å². The van der Waals surface area contributed by atoms with Crippen molar-refractivity contribution >= 4 is 43.7 Å². The van der Waals surface area contributed by atoms with Crippen molar-refractivity contribution in [1.82, 2.24) is 4.98 Å². The second-order valence-corrected chi connectivity index (χ2v) is 7.55. The summed E-state index contributed by atoms with van der Waals surface area (Å²) in [4.78, 5) is 6.29. The molecule has 0 saturated heterocycles. The van der Waals surface area contributed by atoms with Gasteiger partial charge in [0.1, 0.15) is 0 Å². The molecule has 0 aliphatic carbocycles. The van der Waals surface area contributed by atoms with Gasteiger partial charge in [-0.3, -0.25) is 0 Å². The number of hydrogen-bond donors (Lipinski definition) is 1. The number of fused-ring (bicyclic) bond motifs is 2. The van der Waals surface area contributed by atoms with Gasteiger partial charge in [0.2, 0.25) is 0 Å². The number of hydrogen-bond acceptors (Lipinski definition) is 2. The lowest BCUT2D eigenvalue weighted by molar-refractivity contribution is 1.47. The van der Waals surface area contributed by atoms with Crippen LogP contribution in [0.5, 0.6) is 0 Å². The van der Waals surface area contributed by atoms with E-state index in [2.05, 4.69) is 77.1 Å². The Morgan fingerprint density at radius 1 is 0.826 bits per heavy atom. The van der Waals surface area contributed by atoms with Gasteiger partial charge in [0.25, 0.3) is 0 Å². The first kappa shape index (κ1) is 13.1. The quantitative estimate of drug-likeness (QED) is 0.367. The molecule has 1 N–H and O–H groups in total. The minimum absolute atomic E-state index is 1.19. The van der Waals surface area contributed by atoms with E-state index < -0.39 is 0 Å². The van der Waals surface area contributed by atoms with Gasteiger partial charge in [-0.2, -0.15) is 0 Å². The molecule has 0 aliphatic heterocycles. The zero-order valence-corrected chi connectivity index (χ0v) is 13.9. The monoisotopic (exact) mass is 331 g/mol. The smallest absolute Gasteiger partial charge is 0.0548 e. The highest BCUT2D eigenvalue weighted by molar-refractivity contribution is 7.26. The number of aromatic amines is 1. The van der Waals surface area contributed by atoms with Crippen molar-refractivity contribution in [2.24, 2.45) is 0 Å². The van der Waals surface area contributed by atoms with Crippen LogP contribution >= 0.6 is 22.7 Å². The van der Waals surface area contributed by atoms with Gasteiger partial charge >= 0.3 is 0 Å². The van der Waals surface area contributed by atoms with Gasteiger partial charge in [0, 0.05) is 37.1 Å². The number of aromatic nitrogens is 1. The van der Waals surface area contributed by atoms with Crippen LogP contribution in [0.25, 0.3) is 42.0 Å². The topological polar surface area (TPSA) is 15.8 Å². The predicted molar refractivity (Wildman–Crippen MR) is 102 cm³/mol. The van der Waals surface area contributed by atoms with E-state index in [-0.39, 0.29) is 0 Å². The third-order valence-electron chi connectivity index (χ3n) is 4.14. The Kier molecular flexibility index (Phi) is 2.90. The maximum atomic E-state index is 3.60. The average Bonchev–Trinajstić information content (AvgIpc) is 3.31. The van der Waals surface area contributed by atoms with E-state index in [1.807, 2.05) is 11.3 Å². The van der Waals surface area contributed by atoms with Gasteiger partial charge in [-0.1, -0.05) is 42.5 Å². The number of benzene rings is 2. The van der Waals surface area contributed by atoms with Crippen LogP contribution in [-0.4, -0.2) is 4.98 Å². The fourth-order valence-corrected chi connectivity index (χ4v) is 5.18. The van der Waals surface area contributed by atoms with Crippen LogP contribution < -0.4 is 0 Å². The molecule has 3 heteroatoms. The third kappa shape index (κ3) is 2.05. The Labute approximate surface area is 141 Å². The van der Waals surface area contributed by atoms with Crippen LogP contribution in [0.15, 0.2) is 72.1 Å². The van der Waals surface area contributed by atoms with Crippen LogP contribution in [0, 0.1) is 0 Å². The number of nitrogens with one attached hydrogen (secondary N) is 1. The number of para-hydroxylation sites is 1. The molecule has 0 atom stereocenters. The van der Waals surface area contributed by atoms with Crippen molar-refractivity contribution in [3.05, 3.63) is 72.1 Å². The minimum atomic E-state index is 1.19. The molecule has 23 heavy (non-hydrogen) atoms. The highest BCUT2D eigenvalue weighted by Gasteiger charge is 2.17. The van der Waals surface area contributed by atoms with Gasteiger partial charge < -0.3 is 4.98 Å². The fourth-order valence-electron chi connectivity index (χ4n) is 3.10. The van der Waals surface area contributed by atoms with E-state index in [0.29, 0.717) is 0 Å². The minimum Gasteiger partial charge on any atom is -0.354 e. The van der Waals surface area contributed by atoms with Crippen molar-refractivity contribution in [3.63, 3.8) is 0 Å². The molecule has 0 spiro atoms. The van der Waals surface area contributed by atoms with E-state index in [1.165, 1.54) is 42.0 Å². The Hall–Kier alpha value is -2.36. The summed E-state index contributed by atoms with van der Waals surface area (Å²) < 4.78 is 1.34. The molecule has 5 rings (SSSR count). The summed E-state index contributed by atoms with van der Waals surface area (Å²) in [6.45, 7) is 0. The summed E-state index contributed by atoms with van der Waals surface area (Å²) in [6.07, 6.45) is 0. The fraction of sp³-hybridized carbons (Fsp3) is 0. The zero-order chi connectivity index (χ0) is 15.2. The zero-order valence-electron chi connectivity index (χ0n) is 12.2. The number of H-pyrrole nitrogens is 1. The number of thiophene rings is 2. The highest BCUT2D eigenvalue weighted by atomic mass is 32.1. The molecule has 0 bridgehead atoms. The van der Waals surface area contributed by atoms with Gasteiger partial charge in [-0.25, -0.2) is 0 Å². The SMILES string of the molecule is c1csc(-c2sc3ccccc3c2-c2cc3ccccc3[nH]2)c1. The van der Waals surface area contributed by atoms with Crippen molar-refractivity contribution in [2.45, 2.75) is 0 Å². The number of rotatable bonds is 2. The summed E-state index contributed by atoms with van der Waals surface area (Å²) in [7, 11) is 0. The molecule has 3 heterocycles. The molecule has 0 radical (unpaired) electrons. The summed E-state index contributed by atoms with van der Waals surface area (Å²) in [5.41, 5.74) is 3.71. The lowest BCUT2D eigenvalue weighted by atomic mass is 10.1. The van der Waals surface area contributed by atoms with Crippen LogP contribution in [-0.2, 0) is 0 Å². The summed E-state index contributed by atoms with van der Waals surface area (Å²) in [5, 5.41) is 4.73. The second kappa shape index (κ2) is 5.08. The third-order valence-corrected chi connectivity index (χ3v) is 6.36. The Bertz CT molecular complexity index is 1080. The molecule has 0 unspecified atom stereocenters. The lowest BCUT2D eigenvalue weighted by Gasteiger charge is -2.01. The summed E-state index contributed by atoms with van der Waals surface area (Å²) >= 11 is 3.68. The molecule has 0 fully saturated rings. The highest BCUT2D eigenvalue weighted by Crippen LogP contribution is 2.46. The van der Waals surface area contributed by atoms with Crippen LogP contribution in [0.4, 0.5) is 0 Å². The maximum Gasteiger partial charge on any atom is 0.0548 e. The van der Waals surface area contributed by atoms with Crippen molar-refractivity contribution in [3.8, 4) is 21.0 Å². The van der Waals surface area contributed by atoms with Gasteiger partial charge in [0.15, 0.2) is 0 Å². The maximum absolute atomic E-state index is 3.60. The molecular formula is C20H13NS2. The van der Waals surface area contributed by atoms with Gasteiger partial charge in [-0.05, 0) is 29.6 Å². The molecule has 2 aromatic carbocycles. The standard InChI is InChI=1S/C20H13NS2/c1-3-8-15-13(6-1)12-16(21-15)19-14-7-2-4-9-17(14)23-20(19)18-10-5-11-22-18/h1-12,21H. The molecule has 0 saturated carbocycles. The lowest BCUT2D eigenvalue weighted by Crippen LogP contribution is -1.78. The van der Waals surface area contributed by atoms with E-state index in [9.17, 15) is 0 Å². The normalized spacial score (nSPS) is 11.5. The molecule has 0 aliphatic rings. The van der Waals surface area contributed by atoms with Gasteiger partial charge in [0.05, 0.1) is 4.88 Å². The molecule has 1 nitrogen and oxygen atoms in total. The largest absolute Gasteiger partial charge is 0.354 e. The Morgan fingerprint density at radius 3 is 2.57 bits per heavy atom. The van der Waals surface area contributed by atoms with E-state index >= 15 is 0 Å². The molecule has 3 aromatic heterocycles. The van der Waals surface area contributed by atoms with Crippen LogP contribution in [0.2, 0.25) is 0 Å². The molecule has 0 amide bonds. The first-order chi connectivity index (χ1) is 11.4. The first-order valence-electron chi connectivity index (χ1n) is 7.54. The van der Waals surface area contributed by atoms with E-state index in [4.69, 9.17) is 0 Å². The van der Waals surface area contributed by atoms with Crippen molar-refractivity contribution < 1.29 is 0 Å². The summed E-state index contributed by atoms with van der Waals surface area (Å²) in [5.74, 6) is 0. The van der Waals surface area contributed by atoms with E-state index in [1.54, 1.807) is 11.3 Å². The Morgan fingerprint density at radius 2 is 1.70 bits per heavy atom. The Balaban J connectivity index is 1.87. The van der Waals surface area contributed by atoms with Crippen molar-refractivity contribution in [1.29, 1.82) is 0 Å². The van der Waals surface area contributed by atoms with Gasteiger partial charge in [-0.15, -0.1) is 22.7 Å². The second-order valence-electron chi connectivity index (χ2n) is 5.55. The molecular weight excluding hydrogens is 318 g/mol. The van der Waals surface area contributed by atoms with E-state index in [0.717, 1.165) is 0 Å². The van der Waals surface area contributed by atoms with Crippen LogP contribution in [0.1, 0.15) is 0 Å². The first-order valence-corrected chi connectivity index (χ1v) is 9.23. The summed E-state index contributed by atoms with van der Waals surface area (Å²) in [6, 6.07) is 23.7.